The minimum Gasteiger partial charge on any atom is -0.355 e. The van der Waals surface area contributed by atoms with E-state index in [0.29, 0.717) is 31.1 Å². The summed E-state index contributed by atoms with van der Waals surface area (Å²) in [5.74, 6) is -0.484. The van der Waals surface area contributed by atoms with Gasteiger partial charge in [-0.25, -0.2) is 0 Å². The van der Waals surface area contributed by atoms with Gasteiger partial charge in [0.15, 0.2) is 0 Å². The molecule has 0 aromatic carbocycles. The van der Waals surface area contributed by atoms with E-state index in [1.54, 1.807) is 11.9 Å². The van der Waals surface area contributed by atoms with Crippen molar-refractivity contribution in [3.05, 3.63) is 16.9 Å². The minimum absolute atomic E-state index is 0.0320. The van der Waals surface area contributed by atoms with Gasteiger partial charge in [0.2, 0.25) is 11.8 Å². The molecule has 2 aliphatic rings. The zero-order valence-electron chi connectivity index (χ0n) is 14.1. The first kappa shape index (κ1) is 17.7. The summed E-state index contributed by atoms with van der Waals surface area (Å²) >= 11 is 5.97. The monoisotopic (exact) mass is 367 g/mol. The van der Waals surface area contributed by atoms with Crippen molar-refractivity contribution in [2.75, 3.05) is 26.7 Å². The Balaban J connectivity index is 1.59. The van der Waals surface area contributed by atoms with Crippen LogP contribution in [0.1, 0.15) is 36.2 Å². The summed E-state index contributed by atoms with van der Waals surface area (Å²) in [7, 11) is 1.75. The summed E-state index contributed by atoms with van der Waals surface area (Å²) in [5, 5.41) is 9.43. The van der Waals surface area contributed by atoms with Gasteiger partial charge in [-0.3, -0.25) is 19.5 Å². The van der Waals surface area contributed by atoms with Gasteiger partial charge >= 0.3 is 0 Å². The van der Waals surface area contributed by atoms with Crippen molar-refractivity contribution in [3.63, 3.8) is 0 Å². The molecule has 2 N–H and O–H groups in total. The third-order valence-electron chi connectivity index (χ3n) is 5.01. The summed E-state index contributed by atoms with van der Waals surface area (Å²) in [4.78, 5) is 39.9. The van der Waals surface area contributed by atoms with Crippen LogP contribution in [0.4, 0.5) is 0 Å². The van der Waals surface area contributed by atoms with Crippen LogP contribution in [0.5, 0.6) is 0 Å². The molecule has 3 amide bonds. The summed E-state index contributed by atoms with van der Waals surface area (Å²) in [6.07, 6.45) is 4.02. The second-order valence-corrected chi connectivity index (χ2v) is 7.03. The number of rotatable bonds is 3. The molecule has 3 rings (SSSR count). The minimum atomic E-state index is -0.257. The highest BCUT2D eigenvalue weighted by atomic mass is 35.5. The maximum Gasteiger partial charge on any atom is 0.273 e. The van der Waals surface area contributed by atoms with E-state index in [9.17, 15) is 14.4 Å². The van der Waals surface area contributed by atoms with Gasteiger partial charge in [0.25, 0.3) is 5.91 Å². The Morgan fingerprint density at radius 2 is 2.16 bits per heavy atom. The van der Waals surface area contributed by atoms with Gasteiger partial charge in [-0.05, 0) is 19.3 Å². The van der Waals surface area contributed by atoms with Crippen molar-refractivity contribution < 1.29 is 14.4 Å². The van der Waals surface area contributed by atoms with E-state index in [-0.39, 0.29) is 41.8 Å². The van der Waals surface area contributed by atoms with E-state index in [4.69, 9.17) is 11.6 Å². The Kier molecular flexibility index (Phi) is 5.27. The van der Waals surface area contributed by atoms with E-state index in [0.717, 1.165) is 12.8 Å². The maximum atomic E-state index is 12.6. The highest BCUT2D eigenvalue weighted by Gasteiger charge is 2.33. The summed E-state index contributed by atoms with van der Waals surface area (Å²) in [5.41, 5.74) is 0.289. The highest BCUT2D eigenvalue weighted by molar-refractivity contribution is 6.33. The molecule has 1 aromatic rings. The van der Waals surface area contributed by atoms with Gasteiger partial charge in [-0.15, -0.1) is 0 Å². The Morgan fingerprint density at radius 3 is 2.80 bits per heavy atom. The van der Waals surface area contributed by atoms with Crippen LogP contribution in [0.15, 0.2) is 6.20 Å². The molecule has 136 valence electrons. The first-order valence-corrected chi connectivity index (χ1v) is 8.86. The molecule has 9 heteroatoms. The number of nitrogens with one attached hydrogen (secondary N) is 2. The number of likely N-dealkylation sites (tertiary alicyclic amines) is 1. The molecule has 0 radical (unpaired) electrons. The number of hydrogen-bond acceptors (Lipinski definition) is 4. The molecular formula is C16H22ClN5O3. The van der Waals surface area contributed by atoms with Gasteiger partial charge in [0.05, 0.1) is 17.1 Å². The van der Waals surface area contributed by atoms with Gasteiger partial charge in [0.1, 0.15) is 5.69 Å². The van der Waals surface area contributed by atoms with Crippen LogP contribution < -0.4 is 5.32 Å². The third kappa shape index (κ3) is 3.78. The number of H-pyrrole nitrogens is 1. The van der Waals surface area contributed by atoms with Gasteiger partial charge in [-0.1, -0.05) is 11.6 Å². The quantitative estimate of drug-likeness (QED) is 0.819. The van der Waals surface area contributed by atoms with Crippen molar-refractivity contribution >= 4 is 29.3 Å². The van der Waals surface area contributed by atoms with Crippen molar-refractivity contribution in [2.45, 2.75) is 31.7 Å². The van der Waals surface area contributed by atoms with Crippen LogP contribution >= 0.6 is 11.6 Å². The zero-order chi connectivity index (χ0) is 18.0. The fraction of sp³-hybridized carbons (Fsp3) is 0.625. The second kappa shape index (κ2) is 7.43. The first-order valence-electron chi connectivity index (χ1n) is 8.49. The standard InChI is InChI=1S/C16H22ClN5O3/c1-21(16(25)14-12(17)9-19-20-14)11-3-2-5-22(6-4-11)15(24)10-7-13(23)18-8-10/h9-11H,2-8H2,1H3,(H,18,23)(H,19,20). The van der Waals surface area contributed by atoms with E-state index in [2.05, 4.69) is 15.5 Å². The number of carbonyl (C=O) groups excluding carboxylic acids is 3. The summed E-state index contributed by atoms with van der Waals surface area (Å²) in [6.45, 7) is 1.67. The Labute approximate surface area is 150 Å². The lowest BCUT2D eigenvalue weighted by Gasteiger charge is -2.27. The summed E-state index contributed by atoms with van der Waals surface area (Å²) < 4.78 is 0. The maximum absolute atomic E-state index is 12.6. The van der Waals surface area contributed by atoms with E-state index >= 15 is 0 Å². The molecule has 0 aliphatic carbocycles. The topological polar surface area (TPSA) is 98.4 Å². The molecular weight excluding hydrogens is 346 g/mol. The number of hydrogen-bond donors (Lipinski definition) is 2. The Hall–Kier alpha value is -2.09. The fourth-order valence-corrected chi connectivity index (χ4v) is 3.66. The molecule has 3 heterocycles. The van der Waals surface area contributed by atoms with Gasteiger partial charge < -0.3 is 15.1 Å². The predicted octanol–water partition coefficient (Wildman–Crippen LogP) is 0.652. The van der Waals surface area contributed by atoms with Crippen LogP contribution in [0, 0.1) is 5.92 Å². The number of amides is 3. The largest absolute Gasteiger partial charge is 0.355 e. The number of aromatic amines is 1. The molecule has 0 spiro atoms. The number of aromatic nitrogens is 2. The molecule has 2 saturated heterocycles. The van der Waals surface area contributed by atoms with Crippen LogP contribution in [-0.2, 0) is 9.59 Å². The lowest BCUT2D eigenvalue weighted by atomic mass is 10.1. The molecule has 25 heavy (non-hydrogen) atoms. The summed E-state index contributed by atoms with van der Waals surface area (Å²) in [6, 6.07) is 0.0352. The SMILES string of the molecule is CN(C(=O)c1[nH]ncc1Cl)C1CCCN(C(=O)C2CNC(=O)C2)CC1. The van der Waals surface area contributed by atoms with Gasteiger partial charge in [0, 0.05) is 39.1 Å². The van der Waals surface area contributed by atoms with Crippen molar-refractivity contribution in [2.24, 2.45) is 5.92 Å². The Morgan fingerprint density at radius 1 is 1.36 bits per heavy atom. The normalized spacial score (nSPS) is 23.9. The number of carbonyl (C=O) groups is 3. The van der Waals surface area contributed by atoms with Crippen LogP contribution in [0.3, 0.4) is 0 Å². The average molecular weight is 368 g/mol. The van der Waals surface area contributed by atoms with Crippen LogP contribution in [0.25, 0.3) is 0 Å². The molecule has 0 bridgehead atoms. The number of nitrogens with zero attached hydrogens (tertiary/aromatic N) is 3. The van der Waals surface area contributed by atoms with Crippen LogP contribution in [0.2, 0.25) is 5.02 Å². The zero-order valence-corrected chi connectivity index (χ0v) is 14.9. The molecule has 2 atom stereocenters. The first-order chi connectivity index (χ1) is 12.0. The van der Waals surface area contributed by atoms with Crippen LogP contribution in [-0.4, -0.2) is 70.4 Å². The Bertz CT molecular complexity index is 676. The molecule has 2 aliphatic heterocycles. The van der Waals surface area contributed by atoms with Gasteiger partial charge in [-0.2, -0.15) is 5.10 Å². The van der Waals surface area contributed by atoms with E-state index in [1.165, 1.54) is 6.20 Å². The lowest BCUT2D eigenvalue weighted by molar-refractivity contribution is -0.135. The van der Waals surface area contributed by atoms with Crippen molar-refractivity contribution in [1.29, 1.82) is 0 Å². The van der Waals surface area contributed by atoms with Crippen molar-refractivity contribution in [3.8, 4) is 0 Å². The number of halogens is 1. The average Bonchev–Trinajstić information content (AvgIpc) is 3.14. The second-order valence-electron chi connectivity index (χ2n) is 6.62. The van der Waals surface area contributed by atoms with E-state index < -0.39 is 0 Å². The third-order valence-corrected chi connectivity index (χ3v) is 5.30. The smallest absolute Gasteiger partial charge is 0.273 e. The van der Waals surface area contributed by atoms with E-state index in [1.807, 2.05) is 4.90 Å². The predicted molar refractivity (Wildman–Crippen MR) is 91.0 cm³/mol. The molecule has 2 unspecified atom stereocenters. The molecule has 1 aromatic heterocycles. The molecule has 0 saturated carbocycles. The molecule has 8 nitrogen and oxygen atoms in total. The lowest BCUT2D eigenvalue weighted by Crippen LogP contribution is -2.40. The fourth-order valence-electron chi connectivity index (χ4n) is 3.49. The highest BCUT2D eigenvalue weighted by Crippen LogP contribution is 2.22. The van der Waals surface area contributed by atoms with Crippen molar-refractivity contribution in [1.82, 2.24) is 25.3 Å². The molecule has 2 fully saturated rings.